The maximum atomic E-state index is 13.0. The molecule has 2 atom stereocenters. The van der Waals surface area contributed by atoms with Gasteiger partial charge in [-0.2, -0.15) is 5.10 Å². The van der Waals surface area contributed by atoms with Crippen LogP contribution in [0.1, 0.15) is 24.9 Å². The first-order valence-corrected chi connectivity index (χ1v) is 10.7. The SMILES string of the molecule is CCOc1ccc(C2CC3C(=O)N(CC(=O)Nc4cc(OC)ccc4OC)N=CN3N2)cc1. The number of hydrazone groups is 1. The number of nitrogens with zero attached hydrogens (tertiary/aromatic N) is 3. The number of carbonyl (C=O) groups excluding carboxylic acids is 2. The van der Waals surface area contributed by atoms with Gasteiger partial charge >= 0.3 is 0 Å². The van der Waals surface area contributed by atoms with Crippen LogP contribution in [-0.4, -0.2) is 61.6 Å². The summed E-state index contributed by atoms with van der Waals surface area (Å²) in [4.78, 5) is 25.7. The molecule has 2 aromatic carbocycles. The lowest BCUT2D eigenvalue weighted by molar-refractivity contribution is -0.139. The second-order valence-corrected chi connectivity index (χ2v) is 7.58. The topological polar surface area (TPSA) is 105 Å². The molecule has 1 fully saturated rings. The van der Waals surface area contributed by atoms with Crippen molar-refractivity contribution >= 4 is 23.8 Å². The van der Waals surface area contributed by atoms with Crippen LogP contribution in [0.3, 0.4) is 0 Å². The van der Waals surface area contributed by atoms with E-state index in [2.05, 4.69) is 15.8 Å². The summed E-state index contributed by atoms with van der Waals surface area (Å²) in [5.74, 6) is 1.23. The van der Waals surface area contributed by atoms with Crippen molar-refractivity contribution in [3.05, 3.63) is 48.0 Å². The van der Waals surface area contributed by atoms with Crippen molar-refractivity contribution in [2.75, 3.05) is 32.7 Å². The molecule has 33 heavy (non-hydrogen) atoms. The molecule has 2 aliphatic rings. The molecule has 0 radical (unpaired) electrons. The summed E-state index contributed by atoms with van der Waals surface area (Å²) in [6.45, 7) is 2.33. The van der Waals surface area contributed by atoms with E-state index in [1.54, 1.807) is 29.5 Å². The van der Waals surface area contributed by atoms with E-state index >= 15 is 0 Å². The van der Waals surface area contributed by atoms with Crippen molar-refractivity contribution in [1.82, 2.24) is 15.4 Å². The Balaban J connectivity index is 1.39. The third kappa shape index (κ3) is 4.85. The highest BCUT2D eigenvalue weighted by Gasteiger charge is 2.41. The molecule has 2 unspecified atom stereocenters. The molecule has 0 bridgehead atoms. The van der Waals surface area contributed by atoms with Crippen molar-refractivity contribution < 1.29 is 23.8 Å². The van der Waals surface area contributed by atoms with Gasteiger partial charge < -0.3 is 19.5 Å². The number of hydrogen-bond donors (Lipinski definition) is 2. The first-order chi connectivity index (χ1) is 16.0. The summed E-state index contributed by atoms with van der Waals surface area (Å²) in [7, 11) is 3.05. The van der Waals surface area contributed by atoms with Gasteiger partial charge in [0.2, 0.25) is 5.91 Å². The number of hydrazine groups is 1. The molecule has 0 spiro atoms. The highest BCUT2D eigenvalue weighted by atomic mass is 16.5. The number of ether oxygens (including phenoxy) is 3. The minimum atomic E-state index is -0.446. The predicted molar refractivity (Wildman–Crippen MR) is 122 cm³/mol. The van der Waals surface area contributed by atoms with Gasteiger partial charge in [-0.1, -0.05) is 12.1 Å². The summed E-state index contributed by atoms with van der Waals surface area (Å²) < 4.78 is 16.0. The Bertz CT molecular complexity index is 1040. The van der Waals surface area contributed by atoms with E-state index in [9.17, 15) is 9.59 Å². The molecule has 0 aromatic heterocycles. The number of hydrogen-bond acceptors (Lipinski definition) is 8. The number of carbonyl (C=O) groups is 2. The van der Waals surface area contributed by atoms with E-state index in [0.717, 1.165) is 11.3 Å². The Labute approximate surface area is 192 Å². The van der Waals surface area contributed by atoms with Gasteiger partial charge in [-0.3, -0.25) is 14.6 Å². The Morgan fingerprint density at radius 1 is 1.15 bits per heavy atom. The zero-order valence-electron chi connectivity index (χ0n) is 18.8. The van der Waals surface area contributed by atoms with E-state index < -0.39 is 11.9 Å². The molecule has 10 heteroatoms. The molecule has 174 valence electrons. The molecule has 0 aliphatic carbocycles. The van der Waals surface area contributed by atoms with Crippen LogP contribution in [0.15, 0.2) is 47.6 Å². The van der Waals surface area contributed by atoms with Gasteiger partial charge in [0.05, 0.1) is 32.6 Å². The van der Waals surface area contributed by atoms with Crippen LogP contribution in [-0.2, 0) is 9.59 Å². The van der Waals surface area contributed by atoms with E-state index in [1.165, 1.54) is 19.2 Å². The van der Waals surface area contributed by atoms with Crippen LogP contribution in [0.4, 0.5) is 5.69 Å². The molecule has 2 aliphatic heterocycles. The average Bonchev–Trinajstić information content (AvgIpc) is 3.27. The average molecular weight is 453 g/mol. The Morgan fingerprint density at radius 2 is 1.91 bits per heavy atom. The lowest BCUT2D eigenvalue weighted by Gasteiger charge is -2.29. The van der Waals surface area contributed by atoms with Crippen molar-refractivity contribution in [3.8, 4) is 17.2 Å². The van der Waals surface area contributed by atoms with Gasteiger partial charge in [0.15, 0.2) is 0 Å². The lowest BCUT2D eigenvalue weighted by atomic mass is 10.0. The van der Waals surface area contributed by atoms with Gasteiger partial charge in [0.1, 0.15) is 36.2 Å². The third-order valence-corrected chi connectivity index (χ3v) is 5.52. The summed E-state index contributed by atoms with van der Waals surface area (Å²) in [5.41, 5.74) is 4.80. The second-order valence-electron chi connectivity index (χ2n) is 7.58. The first-order valence-electron chi connectivity index (χ1n) is 10.7. The highest BCUT2D eigenvalue weighted by Crippen LogP contribution is 2.31. The second kappa shape index (κ2) is 9.78. The molecule has 0 saturated carbocycles. The van der Waals surface area contributed by atoms with Gasteiger partial charge in [0, 0.05) is 6.07 Å². The third-order valence-electron chi connectivity index (χ3n) is 5.52. The van der Waals surface area contributed by atoms with E-state index in [-0.39, 0.29) is 18.5 Å². The minimum absolute atomic E-state index is 0.0455. The van der Waals surface area contributed by atoms with Gasteiger partial charge in [0.25, 0.3) is 5.91 Å². The Hall–Kier alpha value is -3.79. The Morgan fingerprint density at radius 3 is 2.61 bits per heavy atom. The van der Waals surface area contributed by atoms with Gasteiger partial charge in [-0.05, 0) is 43.2 Å². The standard InChI is InChI=1S/C23H27N5O5/c1-4-33-16-7-5-15(6-8-16)18-12-20-23(30)27(24-14-28(20)26-18)13-22(29)25-19-11-17(31-2)9-10-21(19)32-3/h5-11,14,18,20,26H,4,12-13H2,1-3H3,(H,25,29). The normalized spacial score (nSPS) is 19.3. The number of rotatable bonds is 8. The van der Waals surface area contributed by atoms with Crippen LogP contribution in [0.25, 0.3) is 0 Å². The van der Waals surface area contributed by atoms with Crippen LogP contribution in [0, 0.1) is 0 Å². The molecule has 1 saturated heterocycles. The molecule has 10 nitrogen and oxygen atoms in total. The van der Waals surface area contributed by atoms with Gasteiger partial charge in [-0.25, -0.2) is 10.4 Å². The number of nitrogens with one attached hydrogen (secondary N) is 2. The van der Waals surface area contributed by atoms with Crippen LogP contribution in [0.2, 0.25) is 0 Å². The van der Waals surface area contributed by atoms with E-state index in [1.807, 2.05) is 31.2 Å². The number of benzene rings is 2. The summed E-state index contributed by atoms with van der Waals surface area (Å²) in [6, 6.07) is 12.4. The maximum absolute atomic E-state index is 13.0. The van der Waals surface area contributed by atoms with Crippen molar-refractivity contribution in [2.24, 2.45) is 5.10 Å². The smallest absolute Gasteiger partial charge is 0.267 e. The number of fused-ring (bicyclic) bond motifs is 1. The molecule has 2 heterocycles. The predicted octanol–water partition coefficient (Wildman–Crippen LogP) is 2.15. The quantitative estimate of drug-likeness (QED) is 0.631. The molecule has 2 N–H and O–H groups in total. The fraction of sp³-hybridized carbons (Fsp3) is 0.348. The molecule has 2 aromatic rings. The molecule has 2 amide bonds. The molecular weight excluding hydrogens is 426 g/mol. The zero-order valence-corrected chi connectivity index (χ0v) is 18.8. The lowest BCUT2D eigenvalue weighted by Crippen LogP contribution is -2.52. The van der Waals surface area contributed by atoms with Crippen LogP contribution >= 0.6 is 0 Å². The summed E-state index contributed by atoms with van der Waals surface area (Å²) >= 11 is 0. The van der Waals surface area contributed by atoms with E-state index in [4.69, 9.17) is 14.2 Å². The molecule has 4 rings (SSSR count). The van der Waals surface area contributed by atoms with Crippen molar-refractivity contribution in [3.63, 3.8) is 0 Å². The van der Waals surface area contributed by atoms with Crippen molar-refractivity contribution in [2.45, 2.75) is 25.4 Å². The summed E-state index contributed by atoms with van der Waals surface area (Å²) in [5, 5.41) is 9.81. The number of methoxy groups -OCH3 is 2. The number of anilines is 1. The zero-order chi connectivity index (χ0) is 23.4. The van der Waals surface area contributed by atoms with Gasteiger partial charge in [-0.15, -0.1) is 0 Å². The largest absolute Gasteiger partial charge is 0.497 e. The van der Waals surface area contributed by atoms with Crippen LogP contribution < -0.4 is 25.0 Å². The maximum Gasteiger partial charge on any atom is 0.267 e. The fourth-order valence-corrected chi connectivity index (χ4v) is 3.87. The Kier molecular flexibility index (Phi) is 6.64. The molecular formula is C23H27N5O5. The number of amides is 2. The van der Waals surface area contributed by atoms with E-state index in [0.29, 0.717) is 30.2 Å². The monoisotopic (exact) mass is 453 g/mol. The minimum Gasteiger partial charge on any atom is -0.497 e. The van der Waals surface area contributed by atoms with Crippen molar-refractivity contribution in [1.29, 1.82) is 0 Å². The highest BCUT2D eigenvalue weighted by molar-refractivity contribution is 5.97. The van der Waals surface area contributed by atoms with Crippen LogP contribution in [0.5, 0.6) is 17.2 Å². The fourth-order valence-electron chi connectivity index (χ4n) is 3.87. The summed E-state index contributed by atoms with van der Waals surface area (Å²) in [6.07, 6.45) is 2.10. The first kappa shape index (κ1) is 22.4.